The van der Waals surface area contributed by atoms with E-state index in [4.69, 9.17) is 8.83 Å². The fourth-order valence-corrected chi connectivity index (χ4v) is 7.95. The zero-order valence-corrected chi connectivity index (χ0v) is 27.5. The number of aromatic nitrogens is 1. The molecule has 0 bridgehead atoms. The van der Waals surface area contributed by atoms with Crippen LogP contribution < -0.4 is 0 Å². The van der Waals surface area contributed by atoms with E-state index in [0.29, 0.717) is 0 Å². The first-order chi connectivity index (χ1) is 25.2. The highest BCUT2D eigenvalue weighted by Crippen LogP contribution is 2.38. The predicted molar refractivity (Wildman–Crippen MR) is 212 cm³/mol. The molecule has 3 heterocycles. The van der Waals surface area contributed by atoms with Gasteiger partial charge in [-0.3, -0.25) is 0 Å². The molecule has 0 N–H and O–H groups in total. The van der Waals surface area contributed by atoms with Crippen molar-refractivity contribution in [2.75, 3.05) is 0 Å². The van der Waals surface area contributed by atoms with Gasteiger partial charge in [-0.2, -0.15) is 0 Å². The largest absolute Gasteiger partial charge is 0.456 e. The third kappa shape index (κ3) is 4.38. The van der Waals surface area contributed by atoms with Crippen molar-refractivity contribution in [1.82, 2.24) is 4.57 Å². The molecule has 0 atom stereocenters. The highest BCUT2D eigenvalue weighted by atomic mass is 16.3. The minimum Gasteiger partial charge on any atom is -0.456 e. The molecule has 0 spiro atoms. The molecule has 0 saturated heterocycles. The fraction of sp³-hybridized carbons (Fsp3) is 0. The standard InChI is InChI=1S/C48H29NO2/c1-4-16-43-37(13-1)38-14-2-5-17-44(38)49(43)36-21-24-48-42(29-36)41-28-35(20-23-47(41)51-48)33-12-8-10-31(26-33)30-9-7-11-32(25-30)34-19-22-46-40(27-34)39-15-3-6-18-45(39)50-46/h1-29H. The van der Waals surface area contributed by atoms with Gasteiger partial charge >= 0.3 is 0 Å². The predicted octanol–water partition coefficient (Wildman–Crippen LogP) is 13.6. The number of nitrogens with zero attached hydrogens (tertiary/aromatic N) is 1. The summed E-state index contributed by atoms with van der Waals surface area (Å²) in [5.74, 6) is 0. The Morgan fingerprint density at radius 3 is 1.25 bits per heavy atom. The molecule has 51 heavy (non-hydrogen) atoms. The lowest BCUT2D eigenvalue weighted by Gasteiger charge is -2.09. The Morgan fingerprint density at radius 1 is 0.275 bits per heavy atom. The van der Waals surface area contributed by atoms with Crippen molar-refractivity contribution >= 4 is 65.7 Å². The Labute approximate surface area is 293 Å². The van der Waals surface area contributed by atoms with Crippen LogP contribution in [0.1, 0.15) is 0 Å². The van der Waals surface area contributed by atoms with E-state index in [9.17, 15) is 0 Å². The summed E-state index contributed by atoms with van der Waals surface area (Å²) in [4.78, 5) is 0. The monoisotopic (exact) mass is 651 g/mol. The SMILES string of the molecule is c1cc(-c2cccc(-c3ccc4oc5ccc(-n6c7ccccc7c7ccccc76)cc5c4c3)c2)cc(-c2ccc3oc4ccccc4c3c2)c1. The van der Waals surface area contributed by atoms with Gasteiger partial charge in [-0.1, -0.05) is 103 Å². The Kier molecular flexibility index (Phi) is 5.96. The molecule has 3 aromatic heterocycles. The maximum absolute atomic E-state index is 6.37. The van der Waals surface area contributed by atoms with Crippen LogP contribution in [0.25, 0.3) is 105 Å². The minimum atomic E-state index is 0.888. The number of fused-ring (bicyclic) bond motifs is 9. The van der Waals surface area contributed by atoms with Crippen LogP contribution in [0, 0.1) is 0 Å². The van der Waals surface area contributed by atoms with E-state index in [1.54, 1.807) is 0 Å². The van der Waals surface area contributed by atoms with Crippen LogP contribution in [-0.4, -0.2) is 4.57 Å². The van der Waals surface area contributed by atoms with Gasteiger partial charge < -0.3 is 13.4 Å². The highest BCUT2D eigenvalue weighted by molar-refractivity contribution is 6.11. The molecular weight excluding hydrogens is 623 g/mol. The van der Waals surface area contributed by atoms with Gasteiger partial charge in [0.1, 0.15) is 22.3 Å². The molecule has 238 valence electrons. The molecule has 0 fully saturated rings. The second-order valence-corrected chi connectivity index (χ2v) is 13.3. The first kappa shape index (κ1) is 28.0. The molecule has 11 rings (SSSR count). The summed E-state index contributed by atoms with van der Waals surface area (Å²) in [5, 5.41) is 7.01. The quantitative estimate of drug-likeness (QED) is 0.190. The van der Waals surface area contributed by atoms with Crippen LogP contribution >= 0.6 is 0 Å². The molecule has 0 aliphatic carbocycles. The van der Waals surface area contributed by atoms with Gasteiger partial charge in [0.2, 0.25) is 0 Å². The smallest absolute Gasteiger partial charge is 0.135 e. The Morgan fingerprint density at radius 2 is 0.686 bits per heavy atom. The van der Waals surface area contributed by atoms with Crippen molar-refractivity contribution in [3.63, 3.8) is 0 Å². The van der Waals surface area contributed by atoms with Crippen LogP contribution in [-0.2, 0) is 0 Å². The van der Waals surface area contributed by atoms with Crippen molar-refractivity contribution in [2.24, 2.45) is 0 Å². The molecule has 0 radical (unpaired) electrons. The summed E-state index contributed by atoms with van der Waals surface area (Å²) in [7, 11) is 0. The van der Waals surface area contributed by atoms with E-state index in [-0.39, 0.29) is 0 Å². The molecule has 0 aliphatic rings. The summed E-state index contributed by atoms with van der Waals surface area (Å²) in [5.41, 5.74) is 14.1. The molecule has 3 heteroatoms. The van der Waals surface area contributed by atoms with Crippen molar-refractivity contribution in [1.29, 1.82) is 0 Å². The normalized spacial score (nSPS) is 11.9. The fourth-order valence-electron chi connectivity index (χ4n) is 7.95. The second-order valence-electron chi connectivity index (χ2n) is 13.3. The van der Waals surface area contributed by atoms with Crippen LogP contribution in [0.3, 0.4) is 0 Å². The molecule has 0 unspecified atom stereocenters. The first-order valence-electron chi connectivity index (χ1n) is 17.3. The number of furan rings is 2. The molecule has 0 aliphatic heterocycles. The molecule has 0 amide bonds. The lowest BCUT2D eigenvalue weighted by atomic mass is 9.95. The van der Waals surface area contributed by atoms with Gasteiger partial charge in [0.25, 0.3) is 0 Å². The van der Waals surface area contributed by atoms with E-state index < -0.39 is 0 Å². The van der Waals surface area contributed by atoms with Crippen LogP contribution in [0.4, 0.5) is 0 Å². The zero-order chi connectivity index (χ0) is 33.5. The number of hydrogen-bond donors (Lipinski definition) is 0. The van der Waals surface area contributed by atoms with Crippen molar-refractivity contribution in [3.05, 3.63) is 176 Å². The van der Waals surface area contributed by atoms with Crippen molar-refractivity contribution in [3.8, 4) is 39.1 Å². The summed E-state index contributed by atoms with van der Waals surface area (Å²) in [6.45, 7) is 0. The molecule has 3 nitrogen and oxygen atoms in total. The van der Waals surface area contributed by atoms with Gasteiger partial charge in [-0.05, 0) is 106 Å². The number of para-hydroxylation sites is 3. The first-order valence-corrected chi connectivity index (χ1v) is 17.3. The topological polar surface area (TPSA) is 31.2 Å². The maximum atomic E-state index is 6.37. The average Bonchev–Trinajstić information content (AvgIpc) is 3.86. The van der Waals surface area contributed by atoms with Crippen LogP contribution in [0.2, 0.25) is 0 Å². The van der Waals surface area contributed by atoms with Gasteiger partial charge in [-0.15, -0.1) is 0 Å². The second kappa shape index (κ2) is 10.8. The Bertz CT molecular complexity index is 3100. The van der Waals surface area contributed by atoms with E-state index in [0.717, 1.165) is 55.1 Å². The lowest BCUT2D eigenvalue weighted by molar-refractivity contribution is 0.668. The number of hydrogen-bond acceptors (Lipinski definition) is 2. The third-order valence-corrected chi connectivity index (χ3v) is 10.4. The van der Waals surface area contributed by atoms with E-state index >= 15 is 0 Å². The van der Waals surface area contributed by atoms with Crippen molar-refractivity contribution in [2.45, 2.75) is 0 Å². The number of benzene rings is 8. The molecule has 0 saturated carbocycles. The van der Waals surface area contributed by atoms with Gasteiger partial charge in [0.05, 0.1) is 11.0 Å². The highest BCUT2D eigenvalue weighted by Gasteiger charge is 2.15. The zero-order valence-electron chi connectivity index (χ0n) is 27.5. The van der Waals surface area contributed by atoms with Crippen LogP contribution in [0.15, 0.2) is 185 Å². The Balaban J connectivity index is 0.989. The molecule has 11 aromatic rings. The van der Waals surface area contributed by atoms with Crippen LogP contribution in [0.5, 0.6) is 0 Å². The maximum Gasteiger partial charge on any atom is 0.135 e. The summed E-state index contributed by atoms with van der Waals surface area (Å²) in [6.07, 6.45) is 0. The van der Waals surface area contributed by atoms with Crippen molar-refractivity contribution < 1.29 is 8.83 Å². The summed E-state index contributed by atoms with van der Waals surface area (Å²) < 4.78 is 14.8. The molecule has 8 aromatic carbocycles. The van der Waals surface area contributed by atoms with E-state index in [2.05, 4.69) is 168 Å². The lowest BCUT2D eigenvalue weighted by Crippen LogP contribution is -1.93. The van der Waals surface area contributed by atoms with Gasteiger partial charge in [-0.25, -0.2) is 0 Å². The minimum absolute atomic E-state index is 0.888. The summed E-state index contributed by atoms with van der Waals surface area (Å²) in [6, 6.07) is 62.7. The van der Waals surface area contributed by atoms with E-state index in [1.807, 2.05) is 12.1 Å². The van der Waals surface area contributed by atoms with Gasteiger partial charge in [0.15, 0.2) is 0 Å². The Hall–Kier alpha value is -6.84. The third-order valence-electron chi connectivity index (χ3n) is 10.4. The number of rotatable bonds is 4. The average molecular weight is 652 g/mol. The molecular formula is C48H29NO2. The van der Waals surface area contributed by atoms with E-state index in [1.165, 1.54) is 49.6 Å². The van der Waals surface area contributed by atoms with Gasteiger partial charge in [0, 0.05) is 38.0 Å². The summed E-state index contributed by atoms with van der Waals surface area (Å²) >= 11 is 0.